The largest absolute Gasteiger partial charge is 0.350 e. The van der Waals surface area contributed by atoms with Crippen LogP contribution in [0.4, 0.5) is 0 Å². The van der Waals surface area contributed by atoms with Crippen LogP contribution in [0, 0.1) is 0 Å². The fourth-order valence-corrected chi connectivity index (χ4v) is 3.83. The Balaban J connectivity index is 1.56. The summed E-state index contributed by atoms with van der Waals surface area (Å²) in [6.45, 7) is 2.61. The summed E-state index contributed by atoms with van der Waals surface area (Å²) in [4.78, 5) is 26.0. The lowest BCUT2D eigenvalue weighted by molar-refractivity contribution is 0.0947. The van der Waals surface area contributed by atoms with Crippen LogP contribution >= 0.6 is 11.3 Å². The van der Waals surface area contributed by atoms with Gasteiger partial charge in [0.05, 0.1) is 10.2 Å². The summed E-state index contributed by atoms with van der Waals surface area (Å²) in [5.41, 5.74) is 2.90. The van der Waals surface area contributed by atoms with Crippen molar-refractivity contribution in [3.8, 4) is 10.7 Å². The van der Waals surface area contributed by atoms with Gasteiger partial charge in [-0.3, -0.25) is 4.79 Å². The van der Waals surface area contributed by atoms with Gasteiger partial charge >= 0.3 is 0 Å². The van der Waals surface area contributed by atoms with Crippen molar-refractivity contribution in [1.82, 2.24) is 20.3 Å². The third kappa shape index (κ3) is 3.71. The van der Waals surface area contributed by atoms with E-state index in [1.54, 1.807) is 6.20 Å². The van der Waals surface area contributed by atoms with E-state index < -0.39 is 0 Å². The highest BCUT2D eigenvalue weighted by Crippen LogP contribution is 2.30. The highest BCUT2D eigenvalue weighted by atomic mass is 32.1. The molecule has 5 nitrogen and oxygen atoms in total. The number of nitrogens with zero attached hydrogens (tertiary/aromatic N) is 3. The van der Waals surface area contributed by atoms with Gasteiger partial charge in [-0.05, 0) is 23.6 Å². The monoisotopic (exact) mass is 374 g/mol. The normalized spacial score (nSPS) is 12.0. The van der Waals surface area contributed by atoms with Crippen molar-refractivity contribution in [3.05, 3.63) is 78.2 Å². The highest BCUT2D eigenvalue weighted by molar-refractivity contribution is 7.21. The third-order valence-corrected chi connectivity index (χ3v) is 5.39. The zero-order valence-electron chi connectivity index (χ0n) is 14.8. The molecule has 2 heterocycles. The average Bonchev–Trinajstić information content (AvgIpc) is 3.16. The van der Waals surface area contributed by atoms with Gasteiger partial charge < -0.3 is 5.32 Å². The van der Waals surface area contributed by atoms with Crippen LogP contribution in [0.5, 0.6) is 0 Å². The average molecular weight is 374 g/mol. The van der Waals surface area contributed by atoms with Gasteiger partial charge in [0.2, 0.25) is 0 Å². The molecule has 134 valence electrons. The van der Waals surface area contributed by atoms with Crippen molar-refractivity contribution >= 4 is 27.5 Å². The highest BCUT2D eigenvalue weighted by Gasteiger charge is 2.19. The summed E-state index contributed by atoms with van der Waals surface area (Å²) in [6, 6.07) is 18.0. The second kappa shape index (κ2) is 7.63. The van der Waals surface area contributed by atoms with Crippen LogP contribution in [0.15, 0.2) is 67.0 Å². The number of carbonyl (C=O) groups excluding carboxylic acids is 1. The second-order valence-electron chi connectivity index (χ2n) is 6.26. The van der Waals surface area contributed by atoms with E-state index in [1.807, 2.05) is 42.5 Å². The summed E-state index contributed by atoms with van der Waals surface area (Å²) in [6.07, 6.45) is 3.12. The van der Waals surface area contributed by atoms with E-state index in [9.17, 15) is 4.79 Å². The molecule has 4 rings (SSSR count). The Hall–Kier alpha value is -3.12. The first kappa shape index (κ1) is 17.3. The van der Waals surface area contributed by atoms with E-state index >= 15 is 0 Å². The number of aromatic nitrogens is 3. The third-order valence-electron chi connectivity index (χ3n) is 4.35. The molecule has 0 bridgehead atoms. The minimum absolute atomic E-state index is 0.206. The molecular weight excluding hydrogens is 356 g/mol. The lowest BCUT2D eigenvalue weighted by Crippen LogP contribution is -2.29. The Morgan fingerprint density at radius 3 is 2.59 bits per heavy atom. The van der Waals surface area contributed by atoms with Crippen LogP contribution < -0.4 is 5.32 Å². The summed E-state index contributed by atoms with van der Waals surface area (Å²) in [7, 11) is 0. The van der Waals surface area contributed by atoms with Crippen LogP contribution in [0.1, 0.15) is 28.9 Å². The van der Waals surface area contributed by atoms with Crippen LogP contribution in [-0.2, 0) is 0 Å². The van der Waals surface area contributed by atoms with E-state index in [0.717, 1.165) is 10.2 Å². The SMILES string of the molecule is C[C@@H](CNC(=O)c1nccnc1-c1nc2ccccc2s1)c1ccccc1. The molecular formula is C21H18N4OS. The molecule has 0 spiro atoms. The number of amides is 1. The van der Waals surface area contributed by atoms with Crippen molar-refractivity contribution in [2.45, 2.75) is 12.8 Å². The maximum Gasteiger partial charge on any atom is 0.272 e. The lowest BCUT2D eigenvalue weighted by atomic mass is 10.0. The Kier molecular flexibility index (Phi) is 4.89. The molecule has 0 unspecified atom stereocenters. The molecule has 4 aromatic rings. The van der Waals surface area contributed by atoms with E-state index in [1.165, 1.54) is 23.1 Å². The first-order valence-electron chi connectivity index (χ1n) is 8.72. The molecule has 1 N–H and O–H groups in total. The molecule has 0 aliphatic carbocycles. The van der Waals surface area contributed by atoms with Gasteiger partial charge in [0.15, 0.2) is 5.69 Å². The number of carbonyl (C=O) groups is 1. The van der Waals surface area contributed by atoms with Gasteiger partial charge in [0.1, 0.15) is 10.7 Å². The summed E-state index contributed by atoms with van der Waals surface area (Å²) >= 11 is 1.51. The minimum atomic E-state index is -0.236. The first-order valence-corrected chi connectivity index (χ1v) is 9.54. The number of thiazole rings is 1. The number of fused-ring (bicyclic) bond motifs is 1. The molecule has 0 aliphatic rings. The number of nitrogens with one attached hydrogen (secondary N) is 1. The number of benzene rings is 2. The van der Waals surface area contributed by atoms with Crippen LogP contribution in [0.25, 0.3) is 20.9 Å². The van der Waals surface area contributed by atoms with E-state index in [2.05, 4.69) is 39.3 Å². The van der Waals surface area contributed by atoms with E-state index in [0.29, 0.717) is 22.9 Å². The van der Waals surface area contributed by atoms with Gasteiger partial charge in [0, 0.05) is 18.9 Å². The molecule has 2 aromatic carbocycles. The Morgan fingerprint density at radius 2 is 1.78 bits per heavy atom. The smallest absolute Gasteiger partial charge is 0.272 e. The predicted octanol–water partition coefficient (Wildman–Crippen LogP) is 4.29. The van der Waals surface area contributed by atoms with Gasteiger partial charge in [-0.15, -0.1) is 11.3 Å². The molecule has 0 saturated heterocycles. The van der Waals surface area contributed by atoms with Crippen molar-refractivity contribution in [2.24, 2.45) is 0 Å². The fraction of sp³-hybridized carbons (Fsp3) is 0.143. The molecule has 1 amide bonds. The number of hydrogen-bond donors (Lipinski definition) is 1. The lowest BCUT2D eigenvalue weighted by Gasteiger charge is -2.13. The quantitative estimate of drug-likeness (QED) is 0.566. The number of hydrogen-bond acceptors (Lipinski definition) is 5. The standard InChI is InChI=1S/C21H18N4OS/c1-14(15-7-3-2-4-8-15)13-24-20(26)18-19(23-12-11-22-18)21-25-16-9-5-6-10-17(16)27-21/h2-12,14H,13H2,1H3,(H,24,26)/t14-/m0/s1. The van der Waals surface area contributed by atoms with Crippen LogP contribution in [-0.4, -0.2) is 27.4 Å². The molecule has 0 aliphatic heterocycles. The zero-order chi connectivity index (χ0) is 18.6. The predicted molar refractivity (Wildman–Crippen MR) is 108 cm³/mol. The Morgan fingerprint density at radius 1 is 1.04 bits per heavy atom. The second-order valence-corrected chi connectivity index (χ2v) is 7.29. The van der Waals surface area contributed by atoms with Gasteiger partial charge in [-0.1, -0.05) is 49.4 Å². The van der Waals surface area contributed by atoms with Gasteiger partial charge in [-0.25, -0.2) is 15.0 Å². The van der Waals surface area contributed by atoms with E-state index in [4.69, 9.17) is 0 Å². The molecule has 27 heavy (non-hydrogen) atoms. The minimum Gasteiger partial charge on any atom is -0.350 e. The topological polar surface area (TPSA) is 67.8 Å². The molecule has 0 radical (unpaired) electrons. The molecule has 6 heteroatoms. The first-order chi connectivity index (χ1) is 13.2. The van der Waals surface area contributed by atoms with E-state index in [-0.39, 0.29) is 11.8 Å². The Bertz CT molecular complexity index is 1040. The van der Waals surface area contributed by atoms with Crippen LogP contribution in [0.3, 0.4) is 0 Å². The number of para-hydroxylation sites is 1. The van der Waals surface area contributed by atoms with Crippen molar-refractivity contribution in [3.63, 3.8) is 0 Å². The molecule has 0 saturated carbocycles. The molecule has 0 fully saturated rings. The van der Waals surface area contributed by atoms with Gasteiger partial charge in [0.25, 0.3) is 5.91 Å². The summed E-state index contributed by atoms with van der Waals surface area (Å²) < 4.78 is 1.06. The van der Waals surface area contributed by atoms with Gasteiger partial charge in [-0.2, -0.15) is 0 Å². The van der Waals surface area contributed by atoms with Crippen molar-refractivity contribution < 1.29 is 4.79 Å². The van der Waals surface area contributed by atoms with Crippen molar-refractivity contribution in [1.29, 1.82) is 0 Å². The zero-order valence-corrected chi connectivity index (χ0v) is 15.6. The maximum absolute atomic E-state index is 12.8. The maximum atomic E-state index is 12.8. The van der Waals surface area contributed by atoms with Crippen LogP contribution in [0.2, 0.25) is 0 Å². The molecule has 1 atom stereocenters. The summed E-state index contributed by atoms with van der Waals surface area (Å²) in [5, 5.41) is 3.68. The van der Waals surface area contributed by atoms with Crippen molar-refractivity contribution in [2.75, 3.05) is 6.54 Å². The number of rotatable bonds is 5. The summed E-state index contributed by atoms with van der Waals surface area (Å²) in [5.74, 6) is -0.0298. The fourth-order valence-electron chi connectivity index (χ4n) is 2.86. The molecule has 2 aromatic heterocycles. The Labute approximate surface area is 161 Å².